The van der Waals surface area contributed by atoms with E-state index in [0.29, 0.717) is 28.0 Å². The van der Waals surface area contributed by atoms with Gasteiger partial charge in [0.25, 0.3) is 5.91 Å². The third-order valence-corrected chi connectivity index (χ3v) is 4.78. The first-order chi connectivity index (χ1) is 9.52. The van der Waals surface area contributed by atoms with Crippen molar-refractivity contribution in [3.8, 4) is 0 Å². The largest absolute Gasteiger partial charge is 0.480 e. The minimum absolute atomic E-state index is 0.314. The number of halogens is 2. The van der Waals surface area contributed by atoms with Crippen LogP contribution in [0.4, 0.5) is 0 Å². The van der Waals surface area contributed by atoms with E-state index in [4.69, 9.17) is 11.6 Å². The number of hydrogen-bond donors (Lipinski definition) is 1. The molecular weight excluding hydrogens is 346 g/mol. The number of likely N-dealkylation sites (tertiary alicyclic amines) is 1. The molecule has 0 spiro atoms. The first kappa shape index (κ1) is 15.3. The smallest absolute Gasteiger partial charge is 0.326 e. The van der Waals surface area contributed by atoms with Crippen molar-refractivity contribution >= 4 is 39.4 Å². The Balaban J connectivity index is 2.33. The molecule has 2 rings (SSSR count). The Morgan fingerprint density at radius 1 is 1.30 bits per heavy atom. The van der Waals surface area contributed by atoms with Crippen molar-refractivity contribution in [2.75, 3.05) is 6.54 Å². The molecule has 0 saturated carbocycles. The Morgan fingerprint density at radius 3 is 2.75 bits per heavy atom. The average Bonchev–Trinajstić information content (AvgIpc) is 2.66. The lowest BCUT2D eigenvalue weighted by Gasteiger charge is -2.27. The van der Waals surface area contributed by atoms with Gasteiger partial charge in [0, 0.05) is 11.0 Å². The quantitative estimate of drug-likeness (QED) is 0.877. The lowest BCUT2D eigenvalue weighted by Crippen LogP contribution is -2.44. The van der Waals surface area contributed by atoms with E-state index in [9.17, 15) is 14.7 Å². The molecule has 20 heavy (non-hydrogen) atoms. The van der Waals surface area contributed by atoms with E-state index in [-0.39, 0.29) is 5.91 Å². The summed E-state index contributed by atoms with van der Waals surface area (Å²) in [5.41, 5.74) is 0.342. The van der Waals surface area contributed by atoms with E-state index in [1.807, 2.05) is 0 Å². The fourth-order valence-electron chi connectivity index (χ4n) is 2.43. The van der Waals surface area contributed by atoms with E-state index in [1.165, 1.54) is 4.90 Å². The average molecular weight is 361 g/mol. The van der Waals surface area contributed by atoms with Crippen LogP contribution in [0.5, 0.6) is 0 Å². The molecule has 1 atom stereocenters. The summed E-state index contributed by atoms with van der Waals surface area (Å²) in [6.45, 7) is 0.457. The van der Waals surface area contributed by atoms with Crippen LogP contribution in [0, 0.1) is 0 Å². The van der Waals surface area contributed by atoms with E-state index in [2.05, 4.69) is 15.9 Å². The maximum absolute atomic E-state index is 12.6. The molecule has 1 aromatic rings. The van der Waals surface area contributed by atoms with Gasteiger partial charge in [0.2, 0.25) is 0 Å². The number of amides is 1. The number of carboxylic acid groups (broad SMARTS) is 1. The number of nitrogens with zero attached hydrogens (tertiary/aromatic N) is 1. The molecule has 108 valence electrons. The molecule has 1 aliphatic heterocycles. The predicted molar refractivity (Wildman–Crippen MR) is 80.1 cm³/mol. The van der Waals surface area contributed by atoms with Crippen molar-refractivity contribution in [3.05, 3.63) is 33.3 Å². The number of aliphatic carboxylic acids is 1. The Labute approximate surface area is 130 Å². The van der Waals surface area contributed by atoms with Gasteiger partial charge in [0.1, 0.15) is 6.04 Å². The molecule has 1 amide bonds. The summed E-state index contributed by atoms with van der Waals surface area (Å²) in [5.74, 6) is -1.27. The first-order valence-electron chi connectivity index (χ1n) is 6.50. The van der Waals surface area contributed by atoms with E-state index >= 15 is 0 Å². The highest BCUT2D eigenvalue weighted by Gasteiger charge is 2.32. The lowest BCUT2D eigenvalue weighted by molar-refractivity contribution is -0.142. The normalized spacial score (nSPS) is 19.5. The van der Waals surface area contributed by atoms with Crippen LogP contribution >= 0.6 is 27.5 Å². The fraction of sp³-hybridized carbons (Fsp3) is 0.429. The Bertz CT molecular complexity index is 535. The van der Waals surface area contributed by atoms with E-state index < -0.39 is 12.0 Å². The highest BCUT2D eigenvalue weighted by molar-refractivity contribution is 9.10. The molecule has 1 unspecified atom stereocenters. The topological polar surface area (TPSA) is 57.6 Å². The summed E-state index contributed by atoms with van der Waals surface area (Å²) >= 11 is 9.41. The van der Waals surface area contributed by atoms with E-state index in [0.717, 1.165) is 19.3 Å². The van der Waals surface area contributed by atoms with Gasteiger partial charge in [-0.1, -0.05) is 30.5 Å². The zero-order valence-corrected chi connectivity index (χ0v) is 13.2. The molecule has 1 aromatic carbocycles. The zero-order valence-electron chi connectivity index (χ0n) is 10.8. The number of carbonyl (C=O) groups is 2. The van der Waals surface area contributed by atoms with Gasteiger partial charge in [-0.2, -0.15) is 0 Å². The minimum Gasteiger partial charge on any atom is -0.480 e. The molecule has 0 radical (unpaired) electrons. The molecule has 1 saturated heterocycles. The number of carbonyl (C=O) groups excluding carboxylic acids is 1. The van der Waals surface area contributed by atoms with Crippen LogP contribution in [0.3, 0.4) is 0 Å². The van der Waals surface area contributed by atoms with Gasteiger partial charge in [-0.3, -0.25) is 4.79 Å². The summed E-state index contributed by atoms with van der Waals surface area (Å²) < 4.78 is 0.631. The highest BCUT2D eigenvalue weighted by atomic mass is 79.9. The maximum Gasteiger partial charge on any atom is 0.326 e. The van der Waals surface area contributed by atoms with Gasteiger partial charge in [-0.15, -0.1) is 0 Å². The van der Waals surface area contributed by atoms with Crippen LogP contribution in [-0.2, 0) is 4.79 Å². The molecule has 6 heteroatoms. The number of benzene rings is 1. The minimum atomic E-state index is -0.952. The molecule has 1 aliphatic rings. The van der Waals surface area contributed by atoms with E-state index in [1.54, 1.807) is 18.2 Å². The second kappa shape index (κ2) is 6.59. The third kappa shape index (κ3) is 3.15. The predicted octanol–water partition coefficient (Wildman–Crippen LogP) is 3.57. The first-order valence-corrected chi connectivity index (χ1v) is 7.67. The van der Waals surface area contributed by atoms with Crippen molar-refractivity contribution in [1.82, 2.24) is 4.90 Å². The molecule has 1 N–H and O–H groups in total. The van der Waals surface area contributed by atoms with Gasteiger partial charge in [-0.25, -0.2) is 4.79 Å². The van der Waals surface area contributed by atoms with Crippen molar-refractivity contribution < 1.29 is 14.7 Å². The molecule has 0 bridgehead atoms. The molecular formula is C14H15BrClNO3. The summed E-state index contributed by atoms with van der Waals surface area (Å²) in [7, 11) is 0. The van der Waals surface area contributed by atoms with Crippen molar-refractivity contribution in [2.24, 2.45) is 0 Å². The number of hydrogen-bond acceptors (Lipinski definition) is 2. The van der Waals surface area contributed by atoms with Crippen LogP contribution in [-0.4, -0.2) is 34.5 Å². The second-order valence-electron chi connectivity index (χ2n) is 4.80. The molecule has 1 heterocycles. The van der Waals surface area contributed by atoms with Gasteiger partial charge in [0.05, 0.1) is 10.6 Å². The SMILES string of the molecule is O=C(O)C1CCCCCN1C(=O)c1cccc(Br)c1Cl. The van der Waals surface area contributed by atoms with Crippen molar-refractivity contribution in [1.29, 1.82) is 0 Å². The third-order valence-electron chi connectivity index (χ3n) is 3.48. The lowest BCUT2D eigenvalue weighted by atomic mass is 10.1. The Hall–Kier alpha value is -1.07. The molecule has 4 nitrogen and oxygen atoms in total. The number of rotatable bonds is 2. The van der Waals surface area contributed by atoms with Gasteiger partial charge >= 0.3 is 5.97 Å². The van der Waals surface area contributed by atoms with Crippen LogP contribution in [0.25, 0.3) is 0 Å². The van der Waals surface area contributed by atoms with Crippen LogP contribution in [0.15, 0.2) is 22.7 Å². The number of carboxylic acids is 1. The summed E-state index contributed by atoms with van der Waals surface area (Å²) in [4.78, 5) is 25.4. The Morgan fingerprint density at radius 2 is 2.05 bits per heavy atom. The summed E-state index contributed by atoms with van der Waals surface area (Å²) in [6, 6.07) is 4.33. The molecule has 0 aromatic heterocycles. The van der Waals surface area contributed by atoms with Gasteiger partial charge in [-0.05, 0) is 40.9 Å². The van der Waals surface area contributed by atoms with Crippen LogP contribution in [0.1, 0.15) is 36.0 Å². The van der Waals surface area contributed by atoms with Gasteiger partial charge < -0.3 is 10.0 Å². The molecule has 1 fully saturated rings. The van der Waals surface area contributed by atoms with Gasteiger partial charge in [0.15, 0.2) is 0 Å². The molecule has 0 aliphatic carbocycles. The maximum atomic E-state index is 12.6. The van der Waals surface area contributed by atoms with Crippen LogP contribution in [0.2, 0.25) is 5.02 Å². The zero-order chi connectivity index (χ0) is 14.7. The van der Waals surface area contributed by atoms with Crippen molar-refractivity contribution in [2.45, 2.75) is 31.7 Å². The summed E-state index contributed by atoms with van der Waals surface area (Å²) in [5, 5.41) is 9.64. The highest BCUT2D eigenvalue weighted by Crippen LogP contribution is 2.28. The standard InChI is InChI=1S/C14H15BrClNO3/c15-10-6-4-5-9(12(10)16)13(18)17-8-3-1-2-7-11(17)14(19)20/h4-6,11H,1-3,7-8H2,(H,19,20). The summed E-state index contributed by atoms with van der Waals surface area (Å²) in [6.07, 6.45) is 3.08. The Kier molecular flexibility index (Phi) is 5.05. The monoisotopic (exact) mass is 359 g/mol. The van der Waals surface area contributed by atoms with Crippen LogP contribution < -0.4 is 0 Å². The second-order valence-corrected chi connectivity index (χ2v) is 6.04. The van der Waals surface area contributed by atoms with Crippen molar-refractivity contribution in [3.63, 3.8) is 0 Å². The fourth-order valence-corrected chi connectivity index (χ4v) is 3.00.